The van der Waals surface area contributed by atoms with Gasteiger partial charge >= 0.3 is 18.5 Å². The smallest absolute Gasteiger partial charge is 0.373 e. The molecule has 0 fully saturated rings. The van der Waals surface area contributed by atoms with Crippen LogP contribution in [0.15, 0.2) is 320 Å². The number of carbonyl (C=O) groups excluding carboxylic acids is 9. The molecule has 0 aliphatic rings. The van der Waals surface area contributed by atoms with Gasteiger partial charge in [0.05, 0.1) is 101 Å². The van der Waals surface area contributed by atoms with Crippen molar-refractivity contribution in [3.63, 3.8) is 0 Å². The van der Waals surface area contributed by atoms with Crippen LogP contribution < -0.4 is 45.2 Å². The van der Waals surface area contributed by atoms with E-state index in [-0.39, 0.29) is 87.8 Å². The molecule has 43 heteroatoms. The molecule has 1 amide bonds. The average Bonchev–Trinajstić information content (AvgIpc) is 0.789. The van der Waals surface area contributed by atoms with Crippen LogP contribution in [-0.4, -0.2) is 136 Å². The number of nitro groups is 7. The Morgan fingerprint density at radius 1 is 0.362 bits per heavy atom. The van der Waals surface area contributed by atoms with Crippen LogP contribution in [0.25, 0.3) is 0 Å². The number of benzene rings is 13. The van der Waals surface area contributed by atoms with E-state index in [1.807, 2.05) is 48.5 Å². The summed E-state index contributed by atoms with van der Waals surface area (Å²) in [5, 5.41) is 97.4. The number of methoxy groups -OCH3 is 6. The lowest BCUT2D eigenvalue weighted by molar-refractivity contribution is -0.385. The molecule has 13 rings (SSSR count). The molecule has 0 saturated carbocycles. The molecule has 0 aromatic heterocycles. The quantitative estimate of drug-likeness (QED) is 0.00797. The van der Waals surface area contributed by atoms with E-state index in [1.165, 1.54) is 110 Å². The van der Waals surface area contributed by atoms with Crippen molar-refractivity contribution >= 4 is 103 Å². The summed E-state index contributed by atoms with van der Waals surface area (Å²) in [5.41, 5.74) is 17.9. The number of halogens is 2. The Morgan fingerprint density at radius 3 is 1.08 bits per heavy atom. The number of aliphatic hydroxyl groups excluding tert-OH is 2. The molecule has 141 heavy (non-hydrogen) atoms. The van der Waals surface area contributed by atoms with Gasteiger partial charge in [-0.1, -0.05) is 149 Å². The third kappa shape index (κ3) is 38.1. The van der Waals surface area contributed by atoms with Gasteiger partial charge in [-0.05, 0) is 154 Å². The van der Waals surface area contributed by atoms with Gasteiger partial charge in [0.25, 0.3) is 39.8 Å². The Kier molecular flexibility index (Phi) is 49.5. The number of nitrogens with two attached hydrogens (primary N) is 2. The zero-order valence-electron chi connectivity index (χ0n) is 74.9. The molecule has 0 bridgehead atoms. The van der Waals surface area contributed by atoms with Gasteiger partial charge in [0.2, 0.25) is 17.5 Å². The van der Waals surface area contributed by atoms with Gasteiger partial charge in [0.15, 0.2) is 0 Å². The van der Waals surface area contributed by atoms with Crippen molar-refractivity contribution in [3.05, 3.63) is 457 Å². The van der Waals surface area contributed by atoms with E-state index >= 15 is 0 Å². The standard InChI is InChI=1S/C16H15ClN2O4.C15H16N2O4.C15H11NO5.C15H11NO3.C14H14N2O3.C14H13NO4.C6H4BrNO2.3CO2/c1-23-14-7-5-11(6-8-14)16(18-15(20)10-17)12-3-2-4-13(9-12)19(21)22;1-21-14-7-5-11(6-8-14)15(16,10-18)12-3-2-4-13(9-12)17(19)20;1-21-13-7-5-10(6-8-13)14(17)15(18)11-3-2-4-12(9-11)16(19)20;1-19-15-9-7-12(8-10-15)5-6-13-3-2-4-14(11-13)16(17)18;1-19-13-7-5-10(6-8-13)14(15)11-3-2-4-12(9-11)16(17)18;1-19-13-7-5-10(6-8-13)14(16)11-3-2-4-12(9-11)15(17)18;7-5-2-1-3-6(4-5)8(9)10;3*2-1-3/h2-9,16H,10H2,1H3,(H,18,20);2-9,18H,10,16H2,1H3;2-9H,1H3;2-4,7-11H,1H3;2-9,14H,15H2,1H3;2-9,14,16H,1H3;1-4H;;;. The fourth-order valence-electron chi connectivity index (χ4n) is 11.8. The first kappa shape index (κ1) is 115. The lowest BCUT2D eigenvalue weighted by Gasteiger charge is -2.28. The number of non-ortho nitro benzene ring substituents is 7. The Labute approximate surface area is 814 Å². The highest BCUT2D eigenvalue weighted by atomic mass is 79.9. The maximum absolute atomic E-state index is 12.1. The lowest BCUT2D eigenvalue weighted by Crippen LogP contribution is -2.41. The molecule has 0 aliphatic carbocycles. The molecule has 0 aliphatic heterocycles. The van der Waals surface area contributed by atoms with E-state index in [2.05, 4.69) is 33.1 Å². The number of alkyl halides is 1. The van der Waals surface area contributed by atoms with Gasteiger partial charge in [-0.15, -0.1) is 11.6 Å². The molecule has 4 unspecified atom stereocenters. The maximum atomic E-state index is 12.1. The molecular formula is C98H84BrClN10O31. The minimum absolute atomic E-state index is 0.00924. The van der Waals surface area contributed by atoms with Crippen LogP contribution in [0.2, 0.25) is 0 Å². The topological polar surface area (TPSA) is 616 Å². The van der Waals surface area contributed by atoms with Crippen LogP contribution in [-0.2, 0) is 39.1 Å². The summed E-state index contributed by atoms with van der Waals surface area (Å²) in [6.07, 6.45) is -0.147. The Balaban J connectivity index is 0.000000340. The van der Waals surface area contributed by atoms with Gasteiger partial charge in [0.1, 0.15) is 46.5 Å². The van der Waals surface area contributed by atoms with Crippen molar-refractivity contribution in [3.8, 4) is 46.3 Å². The molecule has 13 aromatic carbocycles. The van der Waals surface area contributed by atoms with Crippen LogP contribution >= 0.6 is 27.5 Å². The van der Waals surface area contributed by atoms with E-state index in [9.17, 15) is 95.4 Å². The molecule has 0 radical (unpaired) electrons. The summed E-state index contributed by atoms with van der Waals surface area (Å²) in [4.78, 5) is 156. The maximum Gasteiger partial charge on any atom is 0.373 e. The van der Waals surface area contributed by atoms with Crippen molar-refractivity contribution < 1.29 is 116 Å². The fourth-order valence-corrected chi connectivity index (χ4v) is 12.3. The number of nitrogens with zero attached hydrogens (tertiary/aromatic N) is 7. The number of nitro benzene ring substituents is 7. The molecule has 0 heterocycles. The summed E-state index contributed by atoms with van der Waals surface area (Å²) in [6.45, 7) is -0.375. The number of ether oxygens (including phenoxy) is 6. The second kappa shape index (κ2) is 60.8. The second-order valence-corrected chi connectivity index (χ2v) is 28.7. The number of hydrogen-bond acceptors (Lipinski definition) is 33. The summed E-state index contributed by atoms with van der Waals surface area (Å²) in [5.74, 6) is 7.89. The minimum Gasteiger partial charge on any atom is -0.497 e. The largest absolute Gasteiger partial charge is 0.497 e. The van der Waals surface area contributed by atoms with E-state index < -0.39 is 69.8 Å². The highest BCUT2D eigenvalue weighted by Gasteiger charge is 2.31. The van der Waals surface area contributed by atoms with Crippen LogP contribution in [0.4, 0.5) is 39.8 Å². The molecular weight excluding hydrogens is 1930 g/mol. The summed E-state index contributed by atoms with van der Waals surface area (Å²) in [7, 11) is 9.36. The van der Waals surface area contributed by atoms with Gasteiger partial charge in [-0.2, -0.15) is 28.8 Å². The predicted molar refractivity (Wildman–Crippen MR) is 510 cm³/mol. The molecule has 13 aromatic rings. The first-order valence-electron chi connectivity index (χ1n) is 39.9. The zero-order chi connectivity index (χ0) is 105. The van der Waals surface area contributed by atoms with Gasteiger partial charge in [0, 0.05) is 112 Å². The number of nitrogens with one attached hydrogen (secondary N) is 1. The van der Waals surface area contributed by atoms with Crippen LogP contribution in [0.3, 0.4) is 0 Å². The molecule has 0 spiro atoms. The summed E-state index contributed by atoms with van der Waals surface area (Å²) < 4.78 is 31.0. The van der Waals surface area contributed by atoms with Crippen LogP contribution in [0, 0.1) is 82.6 Å². The average molecular weight is 2010 g/mol. The van der Waals surface area contributed by atoms with Gasteiger partial charge in [-0.3, -0.25) is 85.2 Å². The monoisotopic (exact) mass is 2010 g/mol. The number of amides is 1. The number of Topliss-reactive ketones (excluding diaryl/α,β-unsaturated/α-hetero) is 2. The predicted octanol–water partition coefficient (Wildman–Crippen LogP) is 16.5. The highest BCUT2D eigenvalue weighted by Crippen LogP contribution is 2.34. The van der Waals surface area contributed by atoms with Crippen molar-refractivity contribution in [1.82, 2.24) is 5.32 Å². The summed E-state index contributed by atoms with van der Waals surface area (Å²) >= 11 is 8.69. The molecule has 7 N–H and O–H groups in total. The van der Waals surface area contributed by atoms with E-state index in [4.69, 9.17) is 80.3 Å². The Hall–Kier alpha value is -18.4. The van der Waals surface area contributed by atoms with Crippen molar-refractivity contribution in [2.45, 2.75) is 23.7 Å². The lowest BCUT2D eigenvalue weighted by atomic mass is 9.84. The fraction of sp³-hybridized carbons (Fsp3) is 0.122. The first-order chi connectivity index (χ1) is 67.4. The second-order valence-electron chi connectivity index (χ2n) is 27.5. The molecule has 0 saturated heterocycles. The van der Waals surface area contributed by atoms with Crippen molar-refractivity contribution in [2.75, 3.05) is 55.1 Å². The SMILES string of the molecule is COc1ccc(C#Cc2cccc([N+](=O)[O-])c2)cc1.COc1ccc(C(=O)C(=O)c2cccc([N+](=O)[O-])c2)cc1.COc1ccc(C(N)(CO)c2cccc([N+](=O)[O-])c2)cc1.COc1ccc(C(N)c2cccc([N+](=O)[O-])c2)cc1.COc1ccc(C(NC(=O)CCl)c2cccc([N+](=O)[O-])c2)cc1.COc1ccc(C(O)c2cccc([N+](=O)[O-])c2)cc1.O=C=O.O=C=O.O=C=O.O=[N+]([O-])c1cccc(Br)c1. The van der Waals surface area contributed by atoms with Crippen LogP contribution in [0.1, 0.15) is 94.5 Å². The van der Waals surface area contributed by atoms with E-state index in [1.54, 1.807) is 193 Å². The molecule has 41 nitrogen and oxygen atoms in total. The third-order valence-electron chi connectivity index (χ3n) is 18.9. The number of aliphatic hydroxyl groups is 2. The number of ketones is 2. The van der Waals surface area contributed by atoms with Crippen molar-refractivity contribution in [1.29, 1.82) is 0 Å². The van der Waals surface area contributed by atoms with Gasteiger partial charge < -0.3 is 55.4 Å². The minimum atomic E-state index is -1.21. The van der Waals surface area contributed by atoms with E-state index in [0.29, 0.717) is 61.9 Å². The number of hydrogen-bond donors (Lipinski definition) is 5. The normalized spacial score (nSPS) is 10.7. The Morgan fingerprint density at radius 2 is 0.674 bits per heavy atom. The molecule has 4 atom stereocenters. The van der Waals surface area contributed by atoms with Gasteiger partial charge in [-0.25, -0.2) is 0 Å². The van der Waals surface area contributed by atoms with Crippen molar-refractivity contribution in [2.24, 2.45) is 11.5 Å². The summed E-state index contributed by atoms with van der Waals surface area (Å²) in [6, 6.07) is 82.7. The molecule has 726 valence electrons. The number of carbonyl (C=O) groups is 3. The highest BCUT2D eigenvalue weighted by molar-refractivity contribution is 9.10. The van der Waals surface area contributed by atoms with E-state index in [0.717, 1.165) is 38.7 Å². The first-order valence-corrected chi connectivity index (χ1v) is 41.3. The number of rotatable bonds is 27. The zero-order valence-corrected chi connectivity index (χ0v) is 77.3. The third-order valence-corrected chi connectivity index (χ3v) is 19.6. The van der Waals surface area contributed by atoms with Crippen LogP contribution in [0.5, 0.6) is 34.5 Å². The Bertz CT molecular complexity index is 6430.